The van der Waals surface area contributed by atoms with Crippen LogP contribution in [0.25, 0.3) is 0 Å². The molecule has 112 valence electrons. The Morgan fingerprint density at radius 1 is 1.05 bits per heavy atom. The van der Waals surface area contributed by atoms with Gasteiger partial charge >= 0.3 is 0 Å². The molecule has 0 bridgehead atoms. The van der Waals surface area contributed by atoms with Gasteiger partial charge in [-0.3, -0.25) is 0 Å². The number of para-hydroxylation sites is 1. The summed E-state index contributed by atoms with van der Waals surface area (Å²) in [7, 11) is 0. The van der Waals surface area contributed by atoms with Crippen molar-refractivity contribution in [3.63, 3.8) is 0 Å². The minimum Gasteiger partial charge on any atom is -0.377 e. The standard InChI is InChI=1S/C17H20ClFN2/c1-3-21(4-2)14-10-8-13(9-11-14)12-20-17-15(18)6-5-7-16(17)19/h5-11,20H,3-4,12H2,1-2H3. The van der Waals surface area contributed by atoms with Crippen LogP contribution in [0.3, 0.4) is 0 Å². The van der Waals surface area contributed by atoms with Crippen LogP contribution < -0.4 is 10.2 Å². The second-order valence-electron chi connectivity index (χ2n) is 4.79. The molecule has 1 N–H and O–H groups in total. The van der Waals surface area contributed by atoms with Crippen molar-refractivity contribution in [2.45, 2.75) is 20.4 Å². The monoisotopic (exact) mass is 306 g/mol. The molecule has 2 aromatic rings. The predicted molar refractivity (Wildman–Crippen MR) is 88.7 cm³/mol. The molecular formula is C17H20ClFN2. The van der Waals surface area contributed by atoms with Gasteiger partial charge in [-0.1, -0.05) is 29.8 Å². The summed E-state index contributed by atoms with van der Waals surface area (Å²) < 4.78 is 13.7. The van der Waals surface area contributed by atoms with Gasteiger partial charge in [0.15, 0.2) is 0 Å². The van der Waals surface area contributed by atoms with Crippen molar-refractivity contribution in [3.8, 4) is 0 Å². The first-order valence-corrected chi connectivity index (χ1v) is 7.55. The van der Waals surface area contributed by atoms with Crippen molar-refractivity contribution in [3.05, 3.63) is 58.9 Å². The molecule has 0 unspecified atom stereocenters. The molecule has 0 aromatic heterocycles. The predicted octanol–water partition coefficient (Wildman–Crippen LogP) is 4.94. The Labute approximate surface area is 130 Å². The van der Waals surface area contributed by atoms with E-state index < -0.39 is 0 Å². The molecule has 0 aliphatic carbocycles. The molecule has 0 fully saturated rings. The van der Waals surface area contributed by atoms with Crippen LogP contribution in [0.2, 0.25) is 5.02 Å². The van der Waals surface area contributed by atoms with Crippen molar-refractivity contribution in [2.75, 3.05) is 23.3 Å². The van der Waals surface area contributed by atoms with Crippen LogP contribution in [0, 0.1) is 5.82 Å². The fourth-order valence-electron chi connectivity index (χ4n) is 2.27. The largest absolute Gasteiger partial charge is 0.377 e. The van der Waals surface area contributed by atoms with Crippen molar-refractivity contribution < 1.29 is 4.39 Å². The second kappa shape index (κ2) is 7.32. The van der Waals surface area contributed by atoms with Crippen molar-refractivity contribution in [2.24, 2.45) is 0 Å². The second-order valence-corrected chi connectivity index (χ2v) is 5.20. The maximum Gasteiger partial charge on any atom is 0.147 e. The lowest BCUT2D eigenvalue weighted by Gasteiger charge is -2.21. The highest BCUT2D eigenvalue weighted by molar-refractivity contribution is 6.33. The van der Waals surface area contributed by atoms with Crippen LogP contribution in [0.15, 0.2) is 42.5 Å². The van der Waals surface area contributed by atoms with E-state index in [1.54, 1.807) is 12.1 Å². The van der Waals surface area contributed by atoms with Crippen molar-refractivity contribution >= 4 is 23.0 Å². The highest BCUT2D eigenvalue weighted by Gasteiger charge is 2.06. The van der Waals surface area contributed by atoms with Gasteiger partial charge in [0.25, 0.3) is 0 Å². The third kappa shape index (κ3) is 3.88. The van der Waals surface area contributed by atoms with Gasteiger partial charge in [0.2, 0.25) is 0 Å². The number of rotatable bonds is 6. The van der Waals surface area contributed by atoms with Crippen LogP contribution in [0.5, 0.6) is 0 Å². The van der Waals surface area contributed by atoms with Gasteiger partial charge in [0.05, 0.1) is 10.7 Å². The molecule has 0 radical (unpaired) electrons. The first-order chi connectivity index (χ1) is 10.2. The van der Waals surface area contributed by atoms with Gasteiger partial charge in [-0.05, 0) is 43.7 Å². The molecular weight excluding hydrogens is 287 g/mol. The van der Waals surface area contributed by atoms with E-state index in [0.29, 0.717) is 17.3 Å². The summed E-state index contributed by atoms with van der Waals surface area (Å²) in [5, 5.41) is 3.45. The minimum absolute atomic E-state index is 0.331. The first-order valence-electron chi connectivity index (χ1n) is 7.17. The quantitative estimate of drug-likeness (QED) is 0.813. The van der Waals surface area contributed by atoms with Crippen LogP contribution in [-0.2, 0) is 6.54 Å². The number of nitrogens with zero attached hydrogens (tertiary/aromatic N) is 1. The summed E-state index contributed by atoms with van der Waals surface area (Å²) in [5.41, 5.74) is 2.64. The molecule has 2 rings (SSSR count). The Kier molecular flexibility index (Phi) is 5.45. The first kappa shape index (κ1) is 15.6. The van der Waals surface area contributed by atoms with Crippen LogP contribution in [0.4, 0.5) is 15.8 Å². The molecule has 21 heavy (non-hydrogen) atoms. The summed E-state index contributed by atoms with van der Waals surface area (Å²) in [6.07, 6.45) is 0. The molecule has 0 heterocycles. The normalized spacial score (nSPS) is 10.5. The summed E-state index contributed by atoms with van der Waals surface area (Å²) in [4.78, 5) is 2.28. The number of hydrogen-bond donors (Lipinski definition) is 1. The molecule has 0 aliphatic heterocycles. The molecule has 0 saturated carbocycles. The summed E-state index contributed by atoms with van der Waals surface area (Å²) in [5.74, 6) is -0.331. The van der Waals surface area contributed by atoms with E-state index in [9.17, 15) is 4.39 Å². The number of anilines is 2. The Hall–Kier alpha value is -1.74. The van der Waals surface area contributed by atoms with E-state index in [1.165, 1.54) is 11.8 Å². The Balaban J connectivity index is 2.04. The number of nitrogens with one attached hydrogen (secondary N) is 1. The lowest BCUT2D eigenvalue weighted by molar-refractivity contribution is 0.630. The Morgan fingerprint density at radius 3 is 2.29 bits per heavy atom. The van der Waals surface area contributed by atoms with Gasteiger partial charge in [-0.15, -0.1) is 0 Å². The van der Waals surface area contributed by atoms with E-state index in [2.05, 4.69) is 48.3 Å². The van der Waals surface area contributed by atoms with E-state index in [4.69, 9.17) is 11.6 Å². The molecule has 0 spiro atoms. The lowest BCUT2D eigenvalue weighted by Crippen LogP contribution is -2.21. The Morgan fingerprint density at radius 2 is 1.71 bits per heavy atom. The van der Waals surface area contributed by atoms with Gasteiger partial charge in [-0.2, -0.15) is 0 Å². The smallest absolute Gasteiger partial charge is 0.147 e. The van der Waals surface area contributed by atoms with Crippen LogP contribution >= 0.6 is 11.6 Å². The van der Waals surface area contributed by atoms with E-state index in [-0.39, 0.29) is 5.82 Å². The molecule has 0 saturated heterocycles. The topological polar surface area (TPSA) is 15.3 Å². The van der Waals surface area contributed by atoms with E-state index >= 15 is 0 Å². The third-order valence-corrected chi connectivity index (χ3v) is 3.81. The molecule has 0 aliphatic rings. The lowest BCUT2D eigenvalue weighted by atomic mass is 10.2. The number of halogens is 2. The third-order valence-electron chi connectivity index (χ3n) is 3.50. The zero-order chi connectivity index (χ0) is 15.2. The zero-order valence-corrected chi connectivity index (χ0v) is 13.1. The van der Waals surface area contributed by atoms with Crippen molar-refractivity contribution in [1.29, 1.82) is 0 Å². The fraction of sp³-hybridized carbons (Fsp3) is 0.294. The van der Waals surface area contributed by atoms with Crippen LogP contribution in [-0.4, -0.2) is 13.1 Å². The van der Waals surface area contributed by atoms with Gasteiger partial charge in [0, 0.05) is 25.3 Å². The van der Waals surface area contributed by atoms with E-state index in [1.807, 2.05) is 0 Å². The molecule has 4 heteroatoms. The average Bonchev–Trinajstić information content (AvgIpc) is 2.49. The average molecular weight is 307 g/mol. The summed E-state index contributed by atoms with van der Waals surface area (Å²) >= 11 is 5.99. The zero-order valence-electron chi connectivity index (χ0n) is 12.4. The molecule has 2 aromatic carbocycles. The van der Waals surface area contributed by atoms with Crippen molar-refractivity contribution in [1.82, 2.24) is 0 Å². The maximum absolute atomic E-state index is 13.7. The molecule has 0 amide bonds. The highest BCUT2D eigenvalue weighted by Crippen LogP contribution is 2.25. The Bertz CT molecular complexity index is 560. The molecule has 0 atom stereocenters. The maximum atomic E-state index is 13.7. The van der Waals surface area contributed by atoms with Gasteiger partial charge < -0.3 is 10.2 Å². The SMILES string of the molecule is CCN(CC)c1ccc(CNc2c(F)cccc2Cl)cc1. The summed E-state index contributed by atoms with van der Waals surface area (Å²) in [6.45, 7) is 6.79. The fourth-order valence-corrected chi connectivity index (χ4v) is 2.50. The molecule has 2 nitrogen and oxygen atoms in total. The number of benzene rings is 2. The highest BCUT2D eigenvalue weighted by atomic mass is 35.5. The number of hydrogen-bond acceptors (Lipinski definition) is 2. The van der Waals surface area contributed by atoms with E-state index in [0.717, 1.165) is 18.7 Å². The van der Waals surface area contributed by atoms with Crippen LogP contribution in [0.1, 0.15) is 19.4 Å². The van der Waals surface area contributed by atoms with Gasteiger partial charge in [0.1, 0.15) is 5.82 Å². The van der Waals surface area contributed by atoms with Gasteiger partial charge in [-0.25, -0.2) is 4.39 Å². The summed E-state index contributed by atoms with van der Waals surface area (Å²) in [6, 6.07) is 13.0. The minimum atomic E-state index is -0.331.